The van der Waals surface area contributed by atoms with E-state index in [1.54, 1.807) is 0 Å². The highest BCUT2D eigenvalue weighted by Crippen LogP contribution is 2.26. The van der Waals surface area contributed by atoms with Gasteiger partial charge in [0, 0.05) is 12.0 Å². The van der Waals surface area contributed by atoms with Crippen LogP contribution >= 0.6 is 0 Å². The summed E-state index contributed by atoms with van der Waals surface area (Å²) in [6.07, 6.45) is 1.71. The zero-order valence-electron chi connectivity index (χ0n) is 13.1. The normalized spacial score (nSPS) is 12.2. The second-order valence-electron chi connectivity index (χ2n) is 6.04. The van der Waals surface area contributed by atoms with Crippen LogP contribution in [0.2, 0.25) is 0 Å². The van der Waals surface area contributed by atoms with Gasteiger partial charge in [-0.05, 0) is 32.3 Å². The lowest BCUT2D eigenvalue weighted by Gasteiger charge is -2.32. The van der Waals surface area contributed by atoms with Gasteiger partial charge in [0.1, 0.15) is 0 Å². The molecule has 0 aliphatic carbocycles. The lowest BCUT2D eigenvalue weighted by atomic mass is 9.81. The van der Waals surface area contributed by atoms with Crippen molar-refractivity contribution in [2.24, 2.45) is 5.41 Å². The molecule has 112 valence electrons. The predicted octanol–water partition coefficient (Wildman–Crippen LogP) is 2.88. The Balaban J connectivity index is 2.76. The number of carbonyl (C=O) groups excluding carboxylic acids is 1. The topological polar surface area (TPSA) is 49.3 Å². The second-order valence-corrected chi connectivity index (χ2v) is 6.04. The van der Waals surface area contributed by atoms with E-state index >= 15 is 0 Å². The Labute approximate surface area is 122 Å². The van der Waals surface area contributed by atoms with Gasteiger partial charge >= 0.3 is 0 Å². The molecule has 0 radical (unpaired) electrons. The first-order chi connectivity index (χ1) is 9.41. The van der Waals surface area contributed by atoms with Crippen molar-refractivity contribution in [1.29, 1.82) is 0 Å². The van der Waals surface area contributed by atoms with Crippen LogP contribution < -0.4 is 5.32 Å². The molecule has 0 saturated carbocycles. The Morgan fingerprint density at radius 2 is 1.70 bits per heavy atom. The van der Waals surface area contributed by atoms with Crippen molar-refractivity contribution in [3.05, 3.63) is 35.9 Å². The summed E-state index contributed by atoms with van der Waals surface area (Å²) < 4.78 is 0. The van der Waals surface area contributed by atoms with Gasteiger partial charge in [-0.25, -0.2) is 0 Å². The highest BCUT2D eigenvalue weighted by molar-refractivity contribution is 5.87. The minimum Gasteiger partial charge on any atom is -0.396 e. The minimum atomic E-state index is -0.566. The number of hydrogen-bond acceptors (Lipinski definition) is 2. The van der Waals surface area contributed by atoms with E-state index < -0.39 is 5.41 Å². The largest absolute Gasteiger partial charge is 0.396 e. The standard InChI is InChI=1S/C17H27NO2/c1-5-17(6-2,13-19)12-18-15(20)16(3,4)14-10-8-7-9-11-14/h7-11,19H,5-6,12-13H2,1-4H3,(H,18,20). The molecule has 0 aromatic heterocycles. The molecule has 0 unspecified atom stereocenters. The quantitative estimate of drug-likeness (QED) is 0.805. The smallest absolute Gasteiger partial charge is 0.230 e. The number of carbonyl (C=O) groups is 1. The summed E-state index contributed by atoms with van der Waals surface area (Å²) in [6, 6.07) is 9.78. The Hall–Kier alpha value is -1.35. The fourth-order valence-corrected chi connectivity index (χ4v) is 2.25. The van der Waals surface area contributed by atoms with E-state index in [0.717, 1.165) is 18.4 Å². The van der Waals surface area contributed by atoms with E-state index in [1.807, 2.05) is 58.0 Å². The Bertz CT molecular complexity index is 414. The SMILES string of the molecule is CCC(CC)(CO)CNC(=O)C(C)(C)c1ccccc1. The molecule has 3 heteroatoms. The first kappa shape index (κ1) is 16.7. The molecule has 0 bridgehead atoms. The van der Waals surface area contributed by atoms with Crippen molar-refractivity contribution in [3.63, 3.8) is 0 Å². The van der Waals surface area contributed by atoms with Gasteiger partial charge in [-0.1, -0.05) is 44.2 Å². The van der Waals surface area contributed by atoms with Crippen LogP contribution in [0.4, 0.5) is 0 Å². The van der Waals surface area contributed by atoms with E-state index in [2.05, 4.69) is 5.32 Å². The van der Waals surface area contributed by atoms with Crippen molar-refractivity contribution in [2.75, 3.05) is 13.2 Å². The summed E-state index contributed by atoms with van der Waals surface area (Å²) in [6.45, 7) is 8.58. The molecule has 0 spiro atoms. The molecule has 1 aromatic carbocycles. The van der Waals surface area contributed by atoms with Crippen molar-refractivity contribution in [2.45, 2.75) is 46.0 Å². The minimum absolute atomic E-state index is 0.00317. The zero-order valence-corrected chi connectivity index (χ0v) is 13.1. The second kappa shape index (κ2) is 6.89. The molecule has 20 heavy (non-hydrogen) atoms. The van der Waals surface area contributed by atoms with Gasteiger partial charge < -0.3 is 10.4 Å². The van der Waals surface area contributed by atoms with Crippen molar-refractivity contribution >= 4 is 5.91 Å². The summed E-state index contributed by atoms with van der Waals surface area (Å²) in [5.74, 6) is 0.00317. The van der Waals surface area contributed by atoms with Gasteiger partial charge in [0.15, 0.2) is 0 Å². The summed E-state index contributed by atoms with van der Waals surface area (Å²) in [4.78, 5) is 12.5. The van der Waals surface area contributed by atoms with Crippen LogP contribution in [0.15, 0.2) is 30.3 Å². The maximum Gasteiger partial charge on any atom is 0.230 e. The molecule has 1 rings (SSSR count). The van der Waals surface area contributed by atoms with Crippen molar-refractivity contribution < 1.29 is 9.90 Å². The van der Waals surface area contributed by atoms with Gasteiger partial charge in [0.25, 0.3) is 0 Å². The van der Waals surface area contributed by atoms with Crippen molar-refractivity contribution in [1.82, 2.24) is 5.32 Å². The molecule has 0 aliphatic heterocycles. The maximum absolute atomic E-state index is 12.5. The first-order valence-electron chi connectivity index (χ1n) is 7.36. The molecular formula is C17H27NO2. The predicted molar refractivity (Wildman–Crippen MR) is 82.6 cm³/mol. The van der Waals surface area contributed by atoms with Gasteiger partial charge in [-0.3, -0.25) is 4.79 Å². The van der Waals surface area contributed by atoms with Gasteiger partial charge in [0.05, 0.1) is 12.0 Å². The molecule has 0 atom stereocenters. The summed E-state index contributed by atoms with van der Waals surface area (Å²) in [5.41, 5.74) is 0.229. The lowest BCUT2D eigenvalue weighted by Crippen LogP contribution is -2.46. The fourth-order valence-electron chi connectivity index (χ4n) is 2.25. The molecule has 0 aliphatic rings. The molecule has 2 N–H and O–H groups in total. The van der Waals surface area contributed by atoms with Crippen LogP contribution in [0.3, 0.4) is 0 Å². The number of aliphatic hydroxyl groups is 1. The van der Waals surface area contributed by atoms with E-state index in [1.165, 1.54) is 0 Å². The average molecular weight is 277 g/mol. The van der Waals surface area contributed by atoms with Crippen molar-refractivity contribution in [3.8, 4) is 0 Å². The Morgan fingerprint density at radius 3 is 2.15 bits per heavy atom. The van der Waals surface area contributed by atoms with Gasteiger partial charge in [-0.2, -0.15) is 0 Å². The number of nitrogens with one attached hydrogen (secondary N) is 1. The number of hydrogen-bond donors (Lipinski definition) is 2. The third-order valence-electron chi connectivity index (χ3n) is 4.52. The maximum atomic E-state index is 12.5. The number of amides is 1. The number of rotatable bonds is 7. The van der Waals surface area contributed by atoms with E-state index in [9.17, 15) is 9.90 Å². The molecular weight excluding hydrogens is 250 g/mol. The molecule has 3 nitrogen and oxygen atoms in total. The lowest BCUT2D eigenvalue weighted by molar-refractivity contribution is -0.126. The fraction of sp³-hybridized carbons (Fsp3) is 0.588. The number of aliphatic hydroxyl groups excluding tert-OH is 1. The molecule has 1 aromatic rings. The van der Waals surface area contributed by atoms with Gasteiger partial charge in [-0.15, -0.1) is 0 Å². The first-order valence-corrected chi connectivity index (χ1v) is 7.36. The zero-order chi connectivity index (χ0) is 15.2. The van der Waals surface area contributed by atoms with Crippen LogP contribution in [-0.2, 0) is 10.2 Å². The third-order valence-corrected chi connectivity index (χ3v) is 4.52. The highest BCUT2D eigenvalue weighted by Gasteiger charge is 2.32. The molecule has 0 saturated heterocycles. The monoisotopic (exact) mass is 277 g/mol. The third kappa shape index (κ3) is 3.60. The number of benzene rings is 1. The van der Waals surface area contributed by atoms with Crippen LogP contribution in [0.25, 0.3) is 0 Å². The van der Waals surface area contributed by atoms with Crippen LogP contribution in [-0.4, -0.2) is 24.2 Å². The van der Waals surface area contributed by atoms with E-state index in [4.69, 9.17) is 0 Å². The molecule has 0 heterocycles. The van der Waals surface area contributed by atoms with Crippen LogP contribution in [0.5, 0.6) is 0 Å². The average Bonchev–Trinajstić information content (AvgIpc) is 2.49. The van der Waals surface area contributed by atoms with Crippen LogP contribution in [0, 0.1) is 5.41 Å². The summed E-state index contributed by atoms with van der Waals surface area (Å²) in [7, 11) is 0. The highest BCUT2D eigenvalue weighted by atomic mass is 16.3. The molecule has 1 amide bonds. The Kier molecular flexibility index (Phi) is 5.75. The summed E-state index contributed by atoms with van der Waals surface area (Å²) in [5, 5.41) is 12.6. The Morgan fingerprint density at radius 1 is 1.15 bits per heavy atom. The van der Waals surface area contributed by atoms with E-state index in [0.29, 0.717) is 6.54 Å². The van der Waals surface area contributed by atoms with E-state index in [-0.39, 0.29) is 17.9 Å². The van der Waals surface area contributed by atoms with Gasteiger partial charge in [0.2, 0.25) is 5.91 Å². The summed E-state index contributed by atoms with van der Waals surface area (Å²) >= 11 is 0. The molecule has 0 fully saturated rings. The van der Waals surface area contributed by atoms with Crippen LogP contribution in [0.1, 0.15) is 46.1 Å².